The minimum absolute atomic E-state index is 0.257. The van der Waals surface area contributed by atoms with E-state index in [1.807, 2.05) is 6.92 Å². The fraction of sp³-hybridized carbons (Fsp3) is 0.692. The van der Waals surface area contributed by atoms with E-state index in [-0.39, 0.29) is 11.7 Å². The third-order valence-corrected chi connectivity index (χ3v) is 3.14. The molecule has 2 heterocycles. The van der Waals surface area contributed by atoms with E-state index >= 15 is 0 Å². The van der Waals surface area contributed by atoms with Gasteiger partial charge in [-0.1, -0.05) is 13.3 Å². The molecule has 0 N–H and O–H groups in total. The minimum Gasteiger partial charge on any atom is -0.463 e. The van der Waals surface area contributed by atoms with Crippen LogP contribution in [0.5, 0.6) is 0 Å². The summed E-state index contributed by atoms with van der Waals surface area (Å²) in [5.41, 5.74) is 0.714. The molecule has 5 heteroatoms. The Morgan fingerprint density at radius 1 is 1.44 bits per heavy atom. The van der Waals surface area contributed by atoms with Crippen LogP contribution in [-0.2, 0) is 15.9 Å². The van der Waals surface area contributed by atoms with Crippen LogP contribution in [0.15, 0.2) is 4.42 Å². The number of aromatic nitrogens is 1. The van der Waals surface area contributed by atoms with Crippen LogP contribution in [0, 0.1) is 0 Å². The fourth-order valence-corrected chi connectivity index (χ4v) is 2.15. The summed E-state index contributed by atoms with van der Waals surface area (Å²) in [6, 6.07) is 0. The van der Waals surface area contributed by atoms with Crippen molar-refractivity contribution in [2.75, 3.05) is 20.3 Å². The molecule has 0 spiro atoms. The van der Waals surface area contributed by atoms with Crippen LogP contribution in [0.2, 0.25) is 0 Å². The Morgan fingerprint density at radius 2 is 2.17 bits per heavy atom. The largest absolute Gasteiger partial charge is 0.463 e. The molecule has 1 aliphatic heterocycles. The van der Waals surface area contributed by atoms with Gasteiger partial charge in [-0.25, -0.2) is 9.78 Å². The van der Waals surface area contributed by atoms with E-state index in [2.05, 4.69) is 4.98 Å². The molecule has 0 unspecified atom stereocenters. The highest BCUT2D eigenvalue weighted by Gasteiger charge is 2.26. The quantitative estimate of drug-likeness (QED) is 0.770. The molecule has 0 bridgehead atoms. The molecule has 1 aliphatic rings. The maximum atomic E-state index is 11.6. The number of methoxy groups -OCH3 is 1. The van der Waals surface area contributed by atoms with Gasteiger partial charge in [-0.15, -0.1) is 0 Å². The molecule has 0 aromatic carbocycles. The Bertz CT molecular complexity index is 407. The summed E-state index contributed by atoms with van der Waals surface area (Å²) in [5.74, 6) is 0.736. The Hall–Kier alpha value is -1.36. The van der Waals surface area contributed by atoms with Crippen LogP contribution in [-0.4, -0.2) is 31.3 Å². The van der Waals surface area contributed by atoms with Crippen molar-refractivity contribution in [3.8, 4) is 0 Å². The summed E-state index contributed by atoms with van der Waals surface area (Å²) in [6.45, 7) is 3.50. The molecule has 1 aromatic heterocycles. The lowest BCUT2D eigenvalue weighted by Gasteiger charge is -2.18. The number of esters is 1. The molecular formula is C13H19NO4. The Morgan fingerprint density at radius 3 is 2.78 bits per heavy atom. The van der Waals surface area contributed by atoms with Crippen molar-refractivity contribution in [3.63, 3.8) is 0 Å². The first-order chi connectivity index (χ1) is 8.76. The Kier molecular flexibility index (Phi) is 4.36. The fourth-order valence-electron chi connectivity index (χ4n) is 2.15. The van der Waals surface area contributed by atoms with Gasteiger partial charge in [0.25, 0.3) is 0 Å². The first kappa shape index (κ1) is 13.1. The Balaban J connectivity index is 2.23. The van der Waals surface area contributed by atoms with Crippen LogP contribution in [0.1, 0.15) is 54.2 Å². The van der Waals surface area contributed by atoms with Gasteiger partial charge in [0.15, 0.2) is 5.89 Å². The van der Waals surface area contributed by atoms with Gasteiger partial charge in [0, 0.05) is 19.1 Å². The van der Waals surface area contributed by atoms with Crippen LogP contribution in [0.4, 0.5) is 0 Å². The molecular weight excluding hydrogens is 234 g/mol. The zero-order valence-corrected chi connectivity index (χ0v) is 10.9. The molecule has 100 valence electrons. The molecule has 0 aliphatic carbocycles. The number of carbonyl (C=O) groups excluding carboxylic acids is 1. The average molecular weight is 253 g/mol. The summed E-state index contributed by atoms with van der Waals surface area (Å²) >= 11 is 0. The van der Waals surface area contributed by atoms with Gasteiger partial charge < -0.3 is 13.9 Å². The maximum Gasteiger partial charge on any atom is 0.375 e. The number of hydrogen-bond donors (Lipinski definition) is 0. The molecule has 0 atom stereocenters. The second kappa shape index (κ2) is 6.00. The van der Waals surface area contributed by atoms with Crippen molar-refractivity contribution < 1.29 is 18.7 Å². The topological polar surface area (TPSA) is 61.6 Å². The number of hydrogen-bond acceptors (Lipinski definition) is 5. The van der Waals surface area contributed by atoms with Gasteiger partial charge in [0.1, 0.15) is 0 Å². The van der Waals surface area contributed by atoms with E-state index in [4.69, 9.17) is 13.9 Å². The van der Waals surface area contributed by atoms with Crippen molar-refractivity contribution in [2.24, 2.45) is 0 Å². The predicted octanol–water partition coefficient (Wildman–Crippen LogP) is 2.31. The van der Waals surface area contributed by atoms with E-state index in [0.29, 0.717) is 11.6 Å². The monoisotopic (exact) mass is 253 g/mol. The number of oxazole rings is 1. The number of carbonyl (C=O) groups is 1. The van der Waals surface area contributed by atoms with Gasteiger partial charge in [0.2, 0.25) is 5.76 Å². The zero-order valence-electron chi connectivity index (χ0n) is 10.9. The number of nitrogens with zero attached hydrogens (tertiary/aromatic N) is 1. The predicted molar refractivity (Wildman–Crippen MR) is 64.6 cm³/mol. The first-order valence-electron chi connectivity index (χ1n) is 6.42. The van der Waals surface area contributed by atoms with Crippen molar-refractivity contribution >= 4 is 5.97 Å². The zero-order chi connectivity index (χ0) is 13.0. The van der Waals surface area contributed by atoms with Crippen LogP contribution in [0.3, 0.4) is 0 Å². The first-order valence-corrected chi connectivity index (χ1v) is 6.42. The standard InChI is InChI=1S/C13H19NO4/c1-3-4-10-11(13(15)16-2)18-12(14-10)9-5-7-17-8-6-9/h9H,3-8H2,1-2H3. The van der Waals surface area contributed by atoms with Crippen LogP contribution in [0.25, 0.3) is 0 Å². The summed E-state index contributed by atoms with van der Waals surface area (Å²) in [6.07, 6.45) is 3.44. The maximum absolute atomic E-state index is 11.6. The molecule has 1 saturated heterocycles. The summed E-state index contributed by atoms with van der Waals surface area (Å²) in [4.78, 5) is 16.1. The van der Waals surface area contributed by atoms with Crippen molar-refractivity contribution in [2.45, 2.75) is 38.5 Å². The molecule has 0 amide bonds. The van der Waals surface area contributed by atoms with Crippen molar-refractivity contribution in [1.29, 1.82) is 0 Å². The van der Waals surface area contributed by atoms with Gasteiger partial charge in [-0.2, -0.15) is 0 Å². The normalized spacial score (nSPS) is 16.8. The second-order valence-corrected chi connectivity index (χ2v) is 4.46. The number of rotatable bonds is 4. The average Bonchev–Trinajstić information content (AvgIpc) is 2.83. The van der Waals surface area contributed by atoms with Crippen LogP contribution >= 0.6 is 0 Å². The highest BCUT2D eigenvalue weighted by molar-refractivity contribution is 5.87. The molecule has 5 nitrogen and oxygen atoms in total. The summed E-state index contributed by atoms with van der Waals surface area (Å²) in [5, 5.41) is 0. The van der Waals surface area contributed by atoms with Gasteiger partial charge in [-0.05, 0) is 19.3 Å². The second-order valence-electron chi connectivity index (χ2n) is 4.46. The lowest BCUT2D eigenvalue weighted by Crippen LogP contribution is -2.14. The van der Waals surface area contributed by atoms with Gasteiger partial charge in [-0.3, -0.25) is 0 Å². The van der Waals surface area contributed by atoms with E-state index in [1.54, 1.807) is 0 Å². The highest BCUT2D eigenvalue weighted by atomic mass is 16.5. The molecule has 0 saturated carbocycles. The third-order valence-electron chi connectivity index (χ3n) is 3.14. The van der Waals surface area contributed by atoms with E-state index in [0.717, 1.165) is 38.9 Å². The van der Waals surface area contributed by atoms with E-state index in [9.17, 15) is 4.79 Å². The lowest BCUT2D eigenvalue weighted by molar-refractivity contribution is 0.0553. The number of ether oxygens (including phenoxy) is 2. The molecule has 1 aromatic rings. The molecule has 1 fully saturated rings. The number of aryl methyl sites for hydroxylation is 1. The van der Waals surface area contributed by atoms with Crippen LogP contribution < -0.4 is 0 Å². The highest BCUT2D eigenvalue weighted by Crippen LogP contribution is 2.28. The van der Waals surface area contributed by atoms with E-state index < -0.39 is 5.97 Å². The SMILES string of the molecule is CCCc1nc(C2CCOCC2)oc1C(=O)OC. The molecule has 18 heavy (non-hydrogen) atoms. The van der Waals surface area contributed by atoms with Crippen molar-refractivity contribution in [1.82, 2.24) is 4.98 Å². The minimum atomic E-state index is -0.441. The van der Waals surface area contributed by atoms with E-state index in [1.165, 1.54) is 7.11 Å². The van der Waals surface area contributed by atoms with Gasteiger partial charge in [0.05, 0.1) is 12.8 Å². The Labute approximate surface area is 106 Å². The smallest absolute Gasteiger partial charge is 0.375 e. The third kappa shape index (κ3) is 2.72. The molecule has 2 rings (SSSR count). The van der Waals surface area contributed by atoms with Crippen molar-refractivity contribution in [3.05, 3.63) is 17.3 Å². The summed E-state index contributed by atoms with van der Waals surface area (Å²) in [7, 11) is 1.36. The summed E-state index contributed by atoms with van der Waals surface area (Å²) < 4.78 is 15.7. The van der Waals surface area contributed by atoms with Gasteiger partial charge >= 0.3 is 5.97 Å². The molecule has 0 radical (unpaired) electrons. The lowest BCUT2D eigenvalue weighted by atomic mass is 10.0.